The molecule has 2 N–H and O–H groups in total. The number of fused-ring (bicyclic) bond motifs is 2. The molecule has 6 rings (SSSR count). The van der Waals surface area contributed by atoms with Gasteiger partial charge in [0.15, 0.2) is 0 Å². The third kappa shape index (κ3) is 6.20. The minimum absolute atomic E-state index is 0.162. The van der Waals surface area contributed by atoms with Crippen LogP contribution in [0.15, 0.2) is 45.6 Å². The van der Waals surface area contributed by atoms with Crippen molar-refractivity contribution in [1.82, 2.24) is 19.6 Å². The molecule has 2 heterocycles. The number of aromatic nitrogens is 4. The van der Waals surface area contributed by atoms with Crippen LogP contribution in [0.5, 0.6) is 11.5 Å². The minimum Gasteiger partial charge on any atom is -0.495 e. The number of aliphatic hydroxyl groups excluding tert-OH is 2. The highest BCUT2D eigenvalue weighted by atomic mass is 79.9. The van der Waals surface area contributed by atoms with Crippen LogP contribution in [0.3, 0.4) is 0 Å². The summed E-state index contributed by atoms with van der Waals surface area (Å²) in [5.74, 6) is 2.27. The lowest BCUT2D eigenvalue weighted by Gasteiger charge is -2.31. The number of aliphatic hydroxyl groups is 2. The molecule has 40 heavy (non-hydrogen) atoms. The molecular formula is C30H38Br2N4O4. The van der Waals surface area contributed by atoms with E-state index in [4.69, 9.17) is 9.47 Å². The Hall–Kier alpha value is -2.14. The van der Waals surface area contributed by atoms with Gasteiger partial charge in [-0.1, -0.05) is 13.8 Å². The van der Waals surface area contributed by atoms with Gasteiger partial charge in [0.05, 0.1) is 58.5 Å². The highest BCUT2D eigenvalue weighted by Crippen LogP contribution is 2.36. The van der Waals surface area contributed by atoms with E-state index >= 15 is 0 Å². The van der Waals surface area contributed by atoms with Crippen LogP contribution in [0.1, 0.15) is 64.5 Å². The summed E-state index contributed by atoms with van der Waals surface area (Å²) in [5.41, 5.74) is 1.90. The first kappa shape index (κ1) is 29.4. The van der Waals surface area contributed by atoms with Gasteiger partial charge >= 0.3 is 0 Å². The van der Waals surface area contributed by atoms with E-state index in [1.165, 1.54) is 0 Å². The molecule has 0 amide bonds. The summed E-state index contributed by atoms with van der Waals surface area (Å²) in [6.45, 7) is 4.22. The van der Waals surface area contributed by atoms with Crippen molar-refractivity contribution in [2.75, 3.05) is 14.2 Å². The van der Waals surface area contributed by atoms with Gasteiger partial charge in [0.2, 0.25) is 0 Å². The fourth-order valence-corrected chi connectivity index (χ4v) is 7.00. The molecule has 2 aromatic heterocycles. The van der Waals surface area contributed by atoms with E-state index in [0.29, 0.717) is 23.9 Å². The maximum Gasteiger partial charge on any atom is 0.135 e. The Labute approximate surface area is 251 Å². The van der Waals surface area contributed by atoms with E-state index in [2.05, 4.69) is 77.7 Å². The quantitative estimate of drug-likeness (QED) is 0.240. The Balaban J connectivity index is 0.000000161. The zero-order chi connectivity index (χ0) is 28.6. The van der Waals surface area contributed by atoms with Crippen molar-refractivity contribution < 1.29 is 19.7 Å². The fourth-order valence-electron chi connectivity index (χ4n) is 5.96. The first-order chi connectivity index (χ1) is 19.2. The van der Waals surface area contributed by atoms with Gasteiger partial charge in [-0.25, -0.2) is 0 Å². The normalized spacial score (nSPS) is 26.9. The second-order valence-electron chi connectivity index (χ2n) is 11.3. The zero-order valence-corrected chi connectivity index (χ0v) is 26.6. The Bertz CT molecular complexity index is 1360. The van der Waals surface area contributed by atoms with E-state index in [-0.39, 0.29) is 12.2 Å². The summed E-state index contributed by atoms with van der Waals surface area (Å²) in [5, 5.41) is 31.2. The second-order valence-corrected chi connectivity index (χ2v) is 13.0. The van der Waals surface area contributed by atoms with Gasteiger partial charge < -0.3 is 19.7 Å². The summed E-state index contributed by atoms with van der Waals surface area (Å²) < 4.78 is 16.6. The van der Waals surface area contributed by atoms with Gasteiger partial charge in [0.25, 0.3) is 0 Å². The molecule has 216 valence electrons. The van der Waals surface area contributed by atoms with Crippen molar-refractivity contribution >= 4 is 53.7 Å². The fraction of sp³-hybridized carbons (Fsp3) is 0.533. The van der Waals surface area contributed by atoms with Crippen molar-refractivity contribution in [2.24, 2.45) is 11.8 Å². The predicted octanol–water partition coefficient (Wildman–Crippen LogP) is 7.06. The van der Waals surface area contributed by atoms with Crippen molar-refractivity contribution in [1.29, 1.82) is 0 Å². The molecule has 2 aliphatic carbocycles. The average Bonchev–Trinajstić information content (AvgIpc) is 3.54. The molecule has 0 aliphatic heterocycles. The molecule has 0 spiro atoms. The molecule has 2 aliphatic rings. The Kier molecular flexibility index (Phi) is 9.09. The lowest BCUT2D eigenvalue weighted by molar-refractivity contribution is 0.0573. The number of rotatable bonds is 4. The molecule has 4 aromatic rings. The van der Waals surface area contributed by atoms with Crippen LogP contribution in [0.25, 0.3) is 21.8 Å². The van der Waals surface area contributed by atoms with E-state index in [1.54, 1.807) is 14.2 Å². The molecule has 0 unspecified atom stereocenters. The maximum absolute atomic E-state index is 9.83. The van der Waals surface area contributed by atoms with Crippen LogP contribution in [0.2, 0.25) is 0 Å². The number of benzene rings is 2. The molecule has 0 saturated heterocycles. The van der Waals surface area contributed by atoms with Gasteiger partial charge in [-0.15, -0.1) is 0 Å². The molecule has 2 fully saturated rings. The first-order valence-corrected chi connectivity index (χ1v) is 15.6. The number of ether oxygens (including phenoxy) is 2. The predicted molar refractivity (Wildman–Crippen MR) is 164 cm³/mol. The third-order valence-electron chi connectivity index (χ3n) is 8.53. The number of hydrogen-bond donors (Lipinski definition) is 2. The maximum atomic E-state index is 9.83. The van der Waals surface area contributed by atoms with Gasteiger partial charge in [-0.05, 0) is 94.4 Å². The van der Waals surface area contributed by atoms with Gasteiger partial charge in [-0.3, -0.25) is 9.36 Å². The largest absolute Gasteiger partial charge is 0.495 e. The molecule has 8 nitrogen and oxygen atoms in total. The van der Waals surface area contributed by atoms with Crippen molar-refractivity contribution in [3.8, 4) is 11.5 Å². The number of methoxy groups -OCH3 is 2. The van der Waals surface area contributed by atoms with E-state index < -0.39 is 0 Å². The van der Waals surface area contributed by atoms with Gasteiger partial charge in [0.1, 0.15) is 11.5 Å². The van der Waals surface area contributed by atoms with Crippen molar-refractivity contribution in [3.05, 3.63) is 45.6 Å². The SMILES string of the molecule is COc1cc2nn([C@@H]3CC[C@H](O)[C@H](C)C3)cc2cc1Br.COc1cc2nn([C@H]3CC[C@H](O)[C@H](C)C3)cc2cc1Br. The Morgan fingerprint density at radius 1 is 0.700 bits per heavy atom. The van der Waals surface area contributed by atoms with Crippen LogP contribution in [0, 0.1) is 11.8 Å². The summed E-state index contributed by atoms with van der Waals surface area (Å²) in [4.78, 5) is 0. The van der Waals surface area contributed by atoms with Crippen molar-refractivity contribution in [2.45, 2.75) is 76.7 Å². The van der Waals surface area contributed by atoms with Crippen LogP contribution in [-0.2, 0) is 0 Å². The van der Waals surface area contributed by atoms with E-state index in [9.17, 15) is 10.2 Å². The summed E-state index contributed by atoms with van der Waals surface area (Å²) in [7, 11) is 3.32. The third-order valence-corrected chi connectivity index (χ3v) is 9.77. The molecule has 2 saturated carbocycles. The monoisotopic (exact) mass is 676 g/mol. The van der Waals surface area contributed by atoms with Crippen LogP contribution in [0.4, 0.5) is 0 Å². The number of nitrogens with zero attached hydrogens (tertiary/aromatic N) is 4. The Morgan fingerprint density at radius 3 is 1.45 bits per heavy atom. The molecule has 6 atom stereocenters. The smallest absolute Gasteiger partial charge is 0.135 e. The van der Waals surface area contributed by atoms with Gasteiger partial charge in [-0.2, -0.15) is 10.2 Å². The summed E-state index contributed by atoms with van der Waals surface area (Å²) in [6.07, 6.45) is 9.50. The number of hydrogen-bond acceptors (Lipinski definition) is 6. The van der Waals surface area contributed by atoms with Gasteiger partial charge in [0, 0.05) is 35.3 Å². The molecule has 10 heteroatoms. The standard InChI is InChI=1S/2C15H19BrN2O2/c2*1-9-5-11(3-4-14(9)19)18-8-10-6-12(16)15(20-2)7-13(10)17-18/h2*6-9,11,14,19H,3-5H2,1-2H3/t9-,11+,14+;9-,11-,14+/m11/s1. The van der Waals surface area contributed by atoms with Crippen LogP contribution >= 0.6 is 31.9 Å². The van der Waals surface area contributed by atoms with Crippen LogP contribution < -0.4 is 9.47 Å². The summed E-state index contributed by atoms with van der Waals surface area (Å²) >= 11 is 7.01. The molecular weight excluding hydrogens is 640 g/mol. The second kappa shape index (κ2) is 12.4. The summed E-state index contributed by atoms with van der Waals surface area (Å²) in [6, 6.07) is 8.75. The van der Waals surface area contributed by atoms with E-state index in [1.807, 2.05) is 24.3 Å². The number of halogens is 2. The highest BCUT2D eigenvalue weighted by Gasteiger charge is 2.28. The zero-order valence-electron chi connectivity index (χ0n) is 23.4. The highest BCUT2D eigenvalue weighted by molar-refractivity contribution is 9.11. The van der Waals surface area contributed by atoms with E-state index in [0.717, 1.165) is 80.8 Å². The lowest BCUT2D eigenvalue weighted by Crippen LogP contribution is -2.28. The van der Waals surface area contributed by atoms with Crippen LogP contribution in [-0.4, -0.2) is 56.2 Å². The van der Waals surface area contributed by atoms with Crippen molar-refractivity contribution in [3.63, 3.8) is 0 Å². The molecule has 0 radical (unpaired) electrons. The Morgan fingerprint density at radius 2 is 1.10 bits per heavy atom. The molecule has 2 aromatic carbocycles. The molecule has 0 bridgehead atoms. The lowest BCUT2D eigenvalue weighted by atomic mass is 9.85. The minimum atomic E-state index is -0.162. The topological polar surface area (TPSA) is 94.6 Å². The first-order valence-electron chi connectivity index (χ1n) is 14.0. The average molecular weight is 678 g/mol.